The Morgan fingerprint density at radius 2 is 1.95 bits per heavy atom. The summed E-state index contributed by atoms with van der Waals surface area (Å²) >= 11 is 2.91. The van der Waals surface area contributed by atoms with Gasteiger partial charge in [-0.1, -0.05) is 6.07 Å². The first kappa shape index (κ1) is 15.7. The molecule has 0 aliphatic carbocycles. The van der Waals surface area contributed by atoms with E-state index in [1.54, 1.807) is 0 Å². The van der Waals surface area contributed by atoms with Gasteiger partial charge in [-0.15, -0.1) is 0 Å². The Labute approximate surface area is 125 Å². The standard InChI is InChI=1S/C13H9BrF4N2O/c14-8-3-10(13(16,17)18)12(20-6-8)21-9-2-1-7(5-19)11(15)4-9/h1-4,6H,5,19H2. The predicted molar refractivity (Wildman–Crippen MR) is 71.3 cm³/mol. The summed E-state index contributed by atoms with van der Waals surface area (Å²) in [6.45, 7) is -0.0174. The van der Waals surface area contributed by atoms with Crippen molar-refractivity contribution in [2.45, 2.75) is 12.7 Å². The highest BCUT2D eigenvalue weighted by molar-refractivity contribution is 9.10. The number of rotatable bonds is 3. The molecule has 0 fully saturated rings. The molecular weight excluding hydrogens is 356 g/mol. The lowest BCUT2D eigenvalue weighted by atomic mass is 10.2. The molecule has 0 bridgehead atoms. The Kier molecular flexibility index (Phi) is 4.48. The number of hydrogen-bond donors (Lipinski definition) is 1. The molecule has 0 amide bonds. The second kappa shape index (κ2) is 5.98. The number of alkyl halides is 3. The van der Waals surface area contributed by atoms with E-state index in [2.05, 4.69) is 20.9 Å². The van der Waals surface area contributed by atoms with Crippen LogP contribution in [0.25, 0.3) is 0 Å². The van der Waals surface area contributed by atoms with Crippen molar-refractivity contribution in [3.63, 3.8) is 0 Å². The molecule has 0 radical (unpaired) electrons. The number of pyridine rings is 1. The molecule has 0 unspecified atom stereocenters. The molecule has 8 heteroatoms. The summed E-state index contributed by atoms with van der Waals surface area (Å²) in [5.74, 6) is -1.39. The highest BCUT2D eigenvalue weighted by Crippen LogP contribution is 2.38. The van der Waals surface area contributed by atoms with Gasteiger partial charge in [-0.3, -0.25) is 0 Å². The van der Waals surface area contributed by atoms with Gasteiger partial charge in [0.1, 0.15) is 17.1 Å². The van der Waals surface area contributed by atoms with Gasteiger partial charge in [-0.2, -0.15) is 13.2 Å². The van der Waals surface area contributed by atoms with E-state index in [1.165, 1.54) is 12.1 Å². The van der Waals surface area contributed by atoms with Crippen LogP contribution in [0.3, 0.4) is 0 Å². The zero-order valence-electron chi connectivity index (χ0n) is 10.4. The van der Waals surface area contributed by atoms with Crippen LogP contribution in [0.4, 0.5) is 17.6 Å². The summed E-state index contributed by atoms with van der Waals surface area (Å²) in [5, 5.41) is 0. The monoisotopic (exact) mass is 364 g/mol. The molecule has 0 aliphatic rings. The van der Waals surface area contributed by atoms with Gasteiger partial charge in [0.05, 0.1) is 0 Å². The molecule has 2 N–H and O–H groups in total. The van der Waals surface area contributed by atoms with Crippen molar-refractivity contribution in [2.24, 2.45) is 5.73 Å². The van der Waals surface area contributed by atoms with Crippen molar-refractivity contribution in [3.05, 3.63) is 51.9 Å². The van der Waals surface area contributed by atoms with E-state index in [0.29, 0.717) is 0 Å². The molecule has 1 aromatic carbocycles. The Morgan fingerprint density at radius 1 is 1.24 bits per heavy atom. The van der Waals surface area contributed by atoms with Gasteiger partial charge in [-0.25, -0.2) is 9.37 Å². The molecule has 0 atom stereocenters. The van der Waals surface area contributed by atoms with Crippen molar-refractivity contribution in [1.82, 2.24) is 4.98 Å². The minimum Gasteiger partial charge on any atom is -0.438 e. The smallest absolute Gasteiger partial charge is 0.421 e. The van der Waals surface area contributed by atoms with E-state index in [0.717, 1.165) is 18.3 Å². The molecule has 2 aromatic rings. The zero-order chi connectivity index (χ0) is 15.6. The molecule has 0 saturated carbocycles. The minimum absolute atomic E-state index is 0.0174. The number of aromatic nitrogens is 1. The fraction of sp³-hybridized carbons (Fsp3) is 0.154. The molecule has 0 spiro atoms. The van der Waals surface area contributed by atoms with Crippen LogP contribution in [0.5, 0.6) is 11.6 Å². The van der Waals surface area contributed by atoms with Gasteiger partial charge in [-0.05, 0) is 28.1 Å². The Bertz CT molecular complexity index is 661. The maximum Gasteiger partial charge on any atom is 0.421 e. The molecule has 112 valence electrons. The third-order valence-electron chi connectivity index (χ3n) is 2.58. The molecule has 2 rings (SSSR count). The lowest BCUT2D eigenvalue weighted by molar-refractivity contribution is -0.138. The SMILES string of the molecule is NCc1ccc(Oc2ncc(Br)cc2C(F)(F)F)cc1F. The van der Waals surface area contributed by atoms with Gasteiger partial charge < -0.3 is 10.5 Å². The first-order valence-electron chi connectivity index (χ1n) is 5.70. The molecule has 0 saturated heterocycles. The summed E-state index contributed by atoms with van der Waals surface area (Å²) in [6.07, 6.45) is -3.48. The van der Waals surface area contributed by atoms with Crippen LogP contribution in [0, 0.1) is 5.82 Å². The van der Waals surface area contributed by atoms with Crippen molar-refractivity contribution in [3.8, 4) is 11.6 Å². The molecule has 1 aromatic heterocycles. The van der Waals surface area contributed by atoms with Crippen LogP contribution in [0.1, 0.15) is 11.1 Å². The van der Waals surface area contributed by atoms with E-state index in [4.69, 9.17) is 10.5 Å². The van der Waals surface area contributed by atoms with E-state index in [9.17, 15) is 17.6 Å². The van der Waals surface area contributed by atoms with E-state index in [-0.39, 0.29) is 22.3 Å². The van der Waals surface area contributed by atoms with Crippen LogP contribution in [-0.2, 0) is 12.7 Å². The van der Waals surface area contributed by atoms with Crippen LogP contribution >= 0.6 is 15.9 Å². The largest absolute Gasteiger partial charge is 0.438 e. The summed E-state index contributed by atoms with van der Waals surface area (Å²) in [6, 6.07) is 4.48. The Morgan fingerprint density at radius 3 is 2.52 bits per heavy atom. The maximum absolute atomic E-state index is 13.5. The van der Waals surface area contributed by atoms with Gasteiger partial charge in [0.15, 0.2) is 0 Å². The zero-order valence-corrected chi connectivity index (χ0v) is 12.0. The molecular formula is C13H9BrF4N2O. The topological polar surface area (TPSA) is 48.1 Å². The maximum atomic E-state index is 13.5. The first-order valence-corrected chi connectivity index (χ1v) is 6.49. The number of benzene rings is 1. The molecule has 1 heterocycles. The normalized spacial score (nSPS) is 11.5. The van der Waals surface area contributed by atoms with Crippen molar-refractivity contribution in [1.29, 1.82) is 0 Å². The number of nitrogens with two attached hydrogens (primary N) is 1. The number of nitrogens with zero attached hydrogens (tertiary/aromatic N) is 1. The van der Waals surface area contributed by atoms with Crippen molar-refractivity contribution in [2.75, 3.05) is 0 Å². The lowest BCUT2D eigenvalue weighted by Crippen LogP contribution is -2.08. The van der Waals surface area contributed by atoms with Crippen LogP contribution < -0.4 is 10.5 Å². The average molecular weight is 365 g/mol. The van der Waals surface area contributed by atoms with Gasteiger partial charge >= 0.3 is 6.18 Å². The molecule has 21 heavy (non-hydrogen) atoms. The minimum atomic E-state index is -4.64. The summed E-state index contributed by atoms with van der Waals surface area (Å²) < 4.78 is 57.4. The number of hydrogen-bond acceptors (Lipinski definition) is 3. The second-order valence-corrected chi connectivity index (χ2v) is 4.98. The van der Waals surface area contributed by atoms with E-state index in [1.807, 2.05) is 0 Å². The highest BCUT2D eigenvalue weighted by atomic mass is 79.9. The summed E-state index contributed by atoms with van der Waals surface area (Å²) in [5.41, 5.74) is 4.49. The number of halogens is 5. The fourth-order valence-corrected chi connectivity index (χ4v) is 1.91. The molecule has 3 nitrogen and oxygen atoms in total. The van der Waals surface area contributed by atoms with E-state index >= 15 is 0 Å². The highest BCUT2D eigenvalue weighted by Gasteiger charge is 2.35. The van der Waals surface area contributed by atoms with Crippen molar-refractivity contribution >= 4 is 15.9 Å². The Balaban J connectivity index is 2.38. The molecule has 0 aliphatic heterocycles. The average Bonchev–Trinajstić information content (AvgIpc) is 2.40. The van der Waals surface area contributed by atoms with E-state index < -0.39 is 23.4 Å². The quantitative estimate of drug-likeness (QED) is 0.828. The fourth-order valence-electron chi connectivity index (χ4n) is 1.58. The Hall–Kier alpha value is -1.67. The third-order valence-corrected chi connectivity index (χ3v) is 3.02. The van der Waals surface area contributed by atoms with Crippen LogP contribution in [0.2, 0.25) is 0 Å². The van der Waals surface area contributed by atoms with Crippen LogP contribution in [-0.4, -0.2) is 4.98 Å². The summed E-state index contributed by atoms with van der Waals surface area (Å²) in [4.78, 5) is 3.58. The lowest BCUT2D eigenvalue weighted by Gasteiger charge is -2.13. The predicted octanol–water partition coefficient (Wildman–Crippen LogP) is 4.25. The third kappa shape index (κ3) is 3.70. The number of ether oxygens (including phenoxy) is 1. The summed E-state index contributed by atoms with van der Waals surface area (Å²) in [7, 11) is 0. The first-order chi connectivity index (χ1) is 9.81. The van der Waals surface area contributed by atoms with Crippen LogP contribution in [0.15, 0.2) is 34.9 Å². The van der Waals surface area contributed by atoms with Crippen molar-refractivity contribution < 1.29 is 22.3 Å². The van der Waals surface area contributed by atoms with Gasteiger partial charge in [0.2, 0.25) is 5.88 Å². The second-order valence-electron chi connectivity index (χ2n) is 4.06. The van der Waals surface area contributed by atoms with Gasteiger partial charge in [0.25, 0.3) is 0 Å². The van der Waals surface area contributed by atoms with Gasteiger partial charge in [0, 0.05) is 28.8 Å².